The lowest BCUT2D eigenvalue weighted by molar-refractivity contribution is -0.130. The van der Waals surface area contributed by atoms with E-state index in [2.05, 4.69) is 9.97 Å². The van der Waals surface area contributed by atoms with Crippen LogP contribution >= 0.6 is 11.8 Å². The maximum atomic E-state index is 13.0. The number of fused-ring (bicyclic) bond motifs is 1. The normalized spacial score (nSPS) is 15.0. The van der Waals surface area contributed by atoms with Crippen molar-refractivity contribution in [2.24, 2.45) is 0 Å². The molecule has 0 unspecified atom stereocenters. The van der Waals surface area contributed by atoms with E-state index in [1.165, 1.54) is 0 Å². The smallest absolute Gasteiger partial charge is 0.258 e. The highest BCUT2D eigenvalue weighted by molar-refractivity contribution is 7.99. The number of aromatic hydroxyl groups is 1. The number of thioether (sulfide) groups is 1. The Morgan fingerprint density at radius 2 is 1.91 bits per heavy atom. The Labute approximate surface area is 201 Å². The molecule has 8 nitrogen and oxygen atoms in total. The molecule has 0 spiro atoms. The predicted octanol–water partition coefficient (Wildman–Crippen LogP) is 3.32. The number of nitrogens with one attached hydrogen (secondary N) is 1. The van der Waals surface area contributed by atoms with Gasteiger partial charge in [0.25, 0.3) is 5.56 Å². The molecule has 0 saturated heterocycles. The zero-order chi connectivity index (χ0) is 24.2. The highest BCUT2D eigenvalue weighted by atomic mass is 32.2. The molecule has 3 aromatic rings. The number of H-pyrrole nitrogens is 1. The van der Waals surface area contributed by atoms with Crippen molar-refractivity contribution in [3.63, 3.8) is 0 Å². The summed E-state index contributed by atoms with van der Waals surface area (Å²) in [7, 11) is 3.19. The lowest BCUT2D eigenvalue weighted by Gasteiger charge is -2.35. The maximum absolute atomic E-state index is 13.0. The third-order valence-electron chi connectivity index (χ3n) is 6.03. The molecule has 0 radical (unpaired) electrons. The minimum Gasteiger partial charge on any atom is -0.493 e. The van der Waals surface area contributed by atoms with Crippen molar-refractivity contribution in [1.29, 1.82) is 0 Å². The van der Waals surface area contributed by atoms with E-state index in [4.69, 9.17) is 9.47 Å². The summed E-state index contributed by atoms with van der Waals surface area (Å²) in [6.07, 6.45) is 0.984. The Morgan fingerprint density at radius 1 is 1.21 bits per heavy atom. The van der Waals surface area contributed by atoms with E-state index in [9.17, 15) is 14.7 Å². The van der Waals surface area contributed by atoms with Crippen molar-refractivity contribution in [2.45, 2.75) is 31.0 Å². The summed E-state index contributed by atoms with van der Waals surface area (Å²) in [4.78, 5) is 34.1. The fourth-order valence-corrected chi connectivity index (χ4v) is 4.93. The molecule has 2 N–H and O–H groups in total. The van der Waals surface area contributed by atoms with E-state index in [0.29, 0.717) is 24.5 Å². The fraction of sp³-hybridized carbons (Fsp3) is 0.320. The van der Waals surface area contributed by atoms with Gasteiger partial charge in [-0.1, -0.05) is 42.1 Å². The molecule has 1 aliphatic heterocycles. The van der Waals surface area contributed by atoms with Gasteiger partial charge in [-0.05, 0) is 42.2 Å². The van der Waals surface area contributed by atoms with Gasteiger partial charge in [0.2, 0.25) is 11.8 Å². The Morgan fingerprint density at radius 3 is 2.59 bits per heavy atom. The second kappa shape index (κ2) is 10.2. The van der Waals surface area contributed by atoms with E-state index in [0.717, 1.165) is 28.5 Å². The van der Waals surface area contributed by atoms with Gasteiger partial charge >= 0.3 is 0 Å². The van der Waals surface area contributed by atoms with Crippen LogP contribution in [0.1, 0.15) is 35.2 Å². The number of carbonyl (C=O) groups is 1. The van der Waals surface area contributed by atoms with Crippen LogP contribution in [0.15, 0.2) is 52.4 Å². The third-order valence-corrected chi connectivity index (χ3v) is 6.89. The van der Waals surface area contributed by atoms with Gasteiger partial charge in [-0.3, -0.25) is 9.59 Å². The standard InChI is InChI=1S/C25H27N3O5S/c1-15-18-13-21(33-3)20(32-2)12-17(18)9-10-28(15)22(29)14-34-25-26-23(30)19(24(31)27-25)11-16-7-5-4-6-8-16/h4-8,12-13,15H,9-11,14H2,1-3H3,(H2,26,27,30,31)/t15-/m0/s1. The highest BCUT2D eigenvalue weighted by Gasteiger charge is 2.29. The number of aromatic nitrogens is 2. The molecule has 4 rings (SSSR count). The number of rotatable bonds is 7. The number of carbonyl (C=O) groups excluding carboxylic acids is 1. The minimum atomic E-state index is -0.410. The van der Waals surface area contributed by atoms with Crippen LogP contribution in [0.5, 0.6) is 17.4 Å². The molecular weight excluding hydrogens is 454 g/mol. The largest absolute Gasteiger partial charge is 0.493 e. The van der Waals surface area contributed by atoms with Crippen molar-refractivity contribution < 1.29 is 19.4 Å². The van der Waals surface area contributed by atoms with Crippen LogP contribution < -0.4 is 15.0 Å². The van der Waals surface area contributed by atoms with E-state index in [-0.39, 0.29) is 40.7 Å². The van der Waals surface area contributed by atoms with Crippen molar-refractivity contribution >= 4 is 17.7 Å². The molecule has 0 fully saturated rings. The SMILES string of the molecule is COc1cc2c(cc1OC)[C@H](C)N(C(=O)CSc1nc(O)c(Cc3ccccc3)c(=O)[nH]1)CC2. The maximum Gasteiger partial charge on any atom is 0.258 e. The zero-order valence-electron chi connectivity index (χ0n) is 19.3. The van der Waals surface area contributed by atoms with Crippen LogP contribution in [-0.2, 0) is 17.6 Å². The molecule has 1 aromatic heterocycles. The minimum absolute atomic E-state index is 0.0755. The monoisotopic (exact) mass is 481 g/mol. The molecule has 9 heteroatoms. The Hall–Kier alpha value is -3.46. The molecule has 1 atom stereocenters. The van der Waals surface area contributed by atoms with Crippen molar-refractivity contribution in [3.05, 3.63) is 75.1 Å². The molecule has 1 aliphatic rings. The van der Waals surface area contributed by atoms with Gasteiger partial charge < -0.3 is 24.5 Å². The molecule has 2 aromatic carbocycles. The third kappa shape index (κ3) is 4.89. The van der Waals surface area contributed by atoms with E-state index in [1.807, 2.05) is 54.3 Å². The van der Waals surface area contributed by atoms with Gasteiger partial charge in [0, 0.05) is 13.0 Å². The van der Waals surface area contributed by atoms with Gasteiger partial charge in [-0.25, -0.2) is 0 Å². The molecule has 1 amide bonds. The number of ether oxygens (including phenoxy) is 2. The summed E-state index contributed by atoms with van der Waals surface area (Å²) in [5.74, 6) is 1.00. The van der Waals surface area contributed by atoms with Crippen LogP contribution in [0, 0.1) is 0 Å². The zero-order valence-corrected chi connectivity index (χ0v) is 20.1. The van der Waals surface area contributed by atoms with Crippen LogP contribution in [0.2, 0.25) is 0 Å². The van der Waals surface area contributed by atoms with E-state index in [1.54, 1.807) is 14.2 Å². The number of hydrogen-bond donors (Lipinski definition) is 2. The number of amides is 1. The van der Waals surface area contributed by atoms with Gasteiger partial charge in [-0.2, -0.15) is 4.98 Å². The fourth-order valence-electron chi connectivity index (χ4n) is 4.19. The second-order valence-corrected chi connectivity index (χ2v) is 9.01. The number of methoxy groups -OCH3 is 2. The van der Waals surface area contributed by atoms with Crippen molar-refractivity contribution in [2.75, 3.05) is 26.5 Å². The molecule has 0 bridgehead atoms. The molecule has 34 heavy (non-hydrogen) atoms. The summed E-state index contributed by atoms with van der Waals surface area (Å²) >= 11 is 1.10. The first kappa shape index (κ1) is 23.7. The van der Waals surface area contributed by atoms with Crippen LogP contribution in [-0.4, -0.2) is 52.4 Å². The molecule has 0 saturated carbocycles. The summed E-state index contributed by atoms with van der Waals surface area (Å²) < 4.78 is 10.8. The van der Waals surface area contributed by atoms with Crippen molar-refractivity contribution in [1.82, 2.24) is 14.9 Å². The Bertz CT molecular complexity index is 1250. The average Bonchev–Trinajstić information content (AvgIpc) is 2.85. The highest BCUT2D eigenvalue weighted by Crippen LogP contribution is 2.38. The van der Waals surface area contributed by atoms with Crippen LogP contribution in [0.3, 0.4) is 0 Å². The van der Waals surface area contributed by atoms with Crippen LogP contribution in [0.4, 0.5) is 0 Å². The summed E-state index contributed by atoms with van der Waals surface area (Å²) in [5, 5.41) is 10.5. The summed E-state index contributed by atoms with van der Waals surface area (Å²) in [6.45, 7) is 2.56. The molecule has 178 valence electrons. The number of benzene rings is 2. The molecule has 0 aliphatic carbocycles. The average molecular weight is 482 g/mol. The second-order valence-electron chi connectivity index (χ2n) is 8.04. The van der Waals surface area contributed by atoms with Gasteiger partial charge in [0.15, 0.2) is 16.7 Å². The summed E-state index contributed by atoms with van der Waals surface area (Å²) in [5.41, 5.74) is 2.85. The number of aromatic amines is 1. The first-order valence-electron chi connectivity index (χ1n) is 10.9. The van der Waals surface area contributed by atoms with Gasteiger partial charge in [0.05, 0.1) is 31.6 Å². The van der Waals surface area contributed by atoms with Crippen molar-refractivity contribution in [3.8, 4) is 17.4 Å². The lowest BCUT2D eigenvalue weighted by atomic mass is 9.93. The number of hydrogen-bond acceptors (Lipinski definition) is 7. The Balaban J connectivity index is 1.44. The topological polar surface area (TPSA) is 105 Å². The van der Waals surface area contributed by atoms with Crippen LogP contribution in [0.25, 0.3) is 0 Å². The Kier molecular flexibility index (Phi) is 7.12. The lowest BCUT2D eigenvalue weighted by Crippen LogP contribution is -2.40. The first-order chi connectivity index (χ1) is 16.4. The number of nitrogens with zero attached hydrogens (tertiary/aromatic N) is 2. The molecule has 2 heterocycles. The molecular formula is C25H27N3O5S. The van der Waals surface area contributed by atoms with Gasteiger partial charge in [-0.15, -0.1) is 0 Å². The predicted molar refractivity (Wildman–Crippen MR) is 130 cm³/mol. The summed E-state index contributed by atoms with van der Waals surface area (Å²) in [6, 6.07) is 13.1. The van der Waals surface area contributed by atoms with Gasteiger partial charge in [0.1, 0.15) is 0 Å². The van der Waals surface area contributed by atoms with E-state index >= 15 is 0 Å². The quantitative estimate of drug-likeness (QED) is 0.394. The van der Waals surface area contributed by atoms with E-state index < -0.39 is 5.56 Å². The first-order valence-corrected chi connectivity index (χ1v) is 11.9.